The third-order valence-corrected chi connectivity index (χ3v) is 8.41. The number of likely N-dealkylation sites (tertiary alicyclic amines) is 1. The Bertz CT molecular complexity index is 1170. The molecule has 180 valence electrons. The van der Waals surface area contributed by atoms with E-state index in [9.17, 15) is 15.0 Å². The highest BCUT2D eigenvalue weighted by atomic mass is 35.5. The molecule has 2 aliphatic rings. The monoisotopic (exact) mass is 502 g/mol. The molecule has 0 bridgehead atoms. The highest BCUT2D eigenvalue weighted by Gasteiger charge is 2.48. The van der Waals surface area contributed by atoms with Gasteiger partial charge in [0.15, 0.2) is 17.0 Å². The fourth-order valence-electron chi connectivity index (χ4n) is 4.83. The molecule has 0 unspecified atom stereocenters. The number of hydrogen-bond acceptors (Lipinski definition) is 8. The number of carbonyl (C=O) groups excluding carboxylic acids is 1. The summed E-state index contributed by atoms with van der Waals surface area (Å²) in [6.45, 7) is 1.31. The van der Waals surface area contributed by atoms with Gasteiger partial charge in [0.1, 0.15) is 22.8 Å². The molecule has 0 radical (unpaired) electrons. The van der Waals surface area contributed by atoms with Crippen LogP contribution in [0.3, 0.4) is 0 Å². The van der Waals surface area contributed by atoms with Crippen LogP contribution in [0.4, 0.5) is 5.82 Å². The van der Waals surface area contributed by atoms with Crippen LogP contribution in [0.5, 0.6) is 0 Å². The predicted octanol–water partition coefficient (Wildman–Crippen LogP) is 2.34. The number of aliphatic hydroxyl groups excluding tert-OH is 2. The Kier molecular flexibility index (Phi) is 6.65. The highest BCUT2D eigenvalue weighted by Crippen LogP contribution is 2.44. The van der Waals surface area contributed by atoms with Crippen LogP contribution in [-0.4, -0.2) is 78.1 Å². The van der Waals surface area contributed by atoms with Crippen molar-refractivity contribution >= 4 is 46.3 Å². The molecule has 5 rings (SSSR count). The molecule has 11 heteroatoms. The number of anilines is 1. The Morgan fingerprint density at radius 3 is 2.62 bits per heavy atom. The van der Waals surface area contributed by atoms with Crippen molar-refractivity contribution in [1.82, 2.24) is 24.4 Å². The van der Waals surface area contributed by atoms with Gasteiger partial charge in [-0.2, -0.15) is 9.97 Å². The maximum absolute atomic E-state index is 13.3. The summed E-state index contributed by atoms with van der Waals surface area (Å²) in [7, 11) is 1.71. The van der Waals surface area contributed by atoms with Gasteiger partial charge >= 0.3 is 0 Å². The molecule has 0 saturated carbocycles. The molecular weight excluding hydrogens is 476 g/mol. The molecule has 1 amide bonds. The Balaban J connectivity index is 1.27. The number of hydrogen-bond donors (Lipinski definition) is 3. The Morgan fingerprint density at radius 2 is 1.91 bits per heavy atom. The van der Waals surface area contributed by atoms with Crippen LogP contribution in [-0.2, 0) is 11.2 Å². The summed E-state index contributed by atoms with van der Waals surface area (Å²) in [5, 5.41) is 23.2. The summed E-state index contributed by atoms with van der Waals surface area (Å²) in [5.74, 6) is 0.872. The first kappa shape index (κ1) is 23.3. The van der Waals surface area contributed by atoms with Crippen molar-refractivity contribution in [2.24, 2.45) is 5.92 Å². The van der Waals surface area contributed by atoms with E-state index < -0.39 is 22.8 Å². The van der Waals surface area contributed by atoms with Crippen LogP contribution in [0, 0.1) is 5.92 Å². The second-order valence-electron chi connectivity index (χ2n) is 8.80. The third-order valence-electron chi connectivity index (χ3n) is 6.68. The van der Waals surface area contributed by atoms with Gasteiger partial charge in [0.25, 0.3) is 0 Å². The van der Waals surface area contributed by atoms with Gasteiger partial charge in [0.05, 0.1) is 6.33 Å². The first-order valence-corrected chi connectivity index (χ1v) is 12.7. The lowest BCUT2D eigenvalue weighted by atomic mass is 9.90. The van der Waals surface area contributed by atoms with E-state index in [1.807, 2.05) is 11.0 Å². The van der Waals surface area contributed by atoms with Crippen LogP contribution >= 0.6 is 23.4 Å². The molecule has 0 aliphatic carbocycles. The lowest BCUT2D eigenvalue weighted by Gasteiger charge is -2.34. The third kappa shape index (κ3) is 4.35. The number of imidazole rings is 1. The Labute approximate surface area is 206 Å². The number of piperidine rings is 1. The molecule has 3 N–H and O–H groups in total. The van der Waals surface area contributed by atoms with Gasteiger partial charge in [0, 0.05) is 20.1 Å². The Morgan fingerprint density at radius 1 is 1.18 bits per heavy atom. The maximum atomic E-state index is 13.3. The van der Waals surface area contributed by atoms with Crippen LogP contribution in [0.2, 0.25) is 5.28 Å². The average Bonchev–Trinajstić information content (AvgIpc) is 3.40. The molecular formula is C23H27ClN6O3S. The van der Waals surface area contributed by atoms with Gasteiger partial charge in [-0.15, -0.1) is 11.8 Å². The number of thioether (sulfide) groups is 1. The molecule has 34 heavy (non-hydrogen) atoms. The van der Waals surface area contributed by atoms with Crippen molar-refractivity contribution in [2.75, 3.05) is 25.5 Å². The average molecular weight is 503 g/mol. The topological polar surface area (TPSA) is 116 Å². The zero-order valence-corrected chi connectivity index (χ0v) is 20.3. The summed E-state index contributed by atoms with van der Waals surface area (Å²) < 4.78 is 1.65. The number of nitrogens with one attached hydrogen (secondary N) is 1. The molecule has 2 aliphatic heterocycles. The van der Waals surface area contributed by atoms with Gasteiger partial charge in [-0.1, -0.05) is 30.3 Å². The number of benzene rings is 1. The van der Waals surface area contributed by atoms with E-state index in [1.165, 1.54) is 23.7 Å². The van der Waals surface area contributed by atoms with Crippen molar-refractivity contribution in [2.45, 2.75) is 42.1 Å². The largest absolute Gasteiger partial charge is 0.389 e. The summed E-state index contributed by atoms with van der Waals surface area (Å²) in [5.41, 5.74) is 2.25. The summed E-state index contributed by atoms with van der Waals surface area (Å²) >= 11 is 7.30. The van der Waals surface area contributed by atoms with Crippen LogP contribution in [0.15, 0.2) is 36.7 Å². The number of aliphatic hydroxyl groups is 2. The number of rotatable bonds is 5. The molecule has 4 atom stereocenters. The molecule has 2 fully saturated rings. The fraction of sp³-hybridized carbons (Fsp3) is 0.478. The first-order valence-electron chi connectivity index (χ1n) is 11.4. The van der Waals surface area contributed by atoms with Crippen molar-refractivity contribution in [3.05, 3.63) is 47.5 Å². The zero-order chi connectivity index (χ0) is 23.8. The highest BCUT2D eigenvalue weighted by molar-refractivity contribution is 8.01. The lowest BCUT2D eigenvalue weighted by Crippen LogP contribution is -2.47. The lowest BCUT2D eigenvalue weighted by molar-refractivity contribution is -0.135. The quantitative estimate of drug-likeness (QED) is 0.455. The second kappa shape index (κ2) is 9.69. The van der Waals surface area contributed by atoms with Gasteiger partial charge in [0.2, 0.25) is 11.2 Å². The molecule has 1 aromatic carbocycles. The first-order chi connectivity index (χ1) is 16.5. The van der Waals surface area contributed by atoms with Crippen molar-refractivity contribution in [3.63, 3.8) is 0 Å². The number of carbonyl (C=O) groups is 1. The SMILES string of the molecule is CNc1nc(Cl)nc2c1ncn2[C@@H]1S[C@H](C(=O)N2CCC(Cc3ccccc3)CC2)[C@@H](O)[C@H]1O. The molecule has 0 spiro atoms. The minimum Gasteiger partial charge on any atom is -0.389 e. The van der Waals surface area contributed by atoms with Crippen LogP contribution in [0.25, 0.3) is 11.2 Å². The summed E-state index contributed by atoms with van der Waals surface area (Å²) in [6, 6.07) is 10.4. The summed E-state index contributed by atoms with van der Waals surface area (Å²) in [4.78, 5) is 27.9. The van der Waals surface area contributed by atoms with E-state index in [4.69, 9.17) is 11.6 Å². The van der Waals surface area contributed by atoms with E-state index in [0.717, 1.165) is 19.3 Å². The van der Waals surface area contributed by atoms with Crippen molar-refractivity contribution in [1.29, 1.82) is 0 Å². The number of aromatic nitrogens is 4. The van der Waals surface area contributed by atoms with E-state index in [2.05, 4.69) is 44.5 Å². The standard InChI is InChI=1S/C23H27ClN6O3S/c1-25-19-15-20(28-23(24)27-19)30(12-26-15)22-17(32)16(31)18(34-22)21(33)29-9-7-14(8-10-29)11-13-5-3-2-4-6-13/h2-6,12,14,16-18,22,31-32H,7-11H2,1H3,(H,25,27,28)/t16-,17+,18-,22+/m0/s1. The molecule has 2 saturated heterocycles. The van der Waals surface area contributed by atoms with Crippen LogP contribution < -0.4 is 5.32 Å². The van der Waals surface area contributed by atoms with Gasteiger partial charge in [-0.05, 0) is 42.3 Å². The minimum absolute atomic E-state index is 0.0441. The molecule has 9 nitrogen and oxygen atoms in total. The number of amides is 1. The van der Waals surface area contributed by atoms with E-state index in [1.54, 1.807) is 11.6 Å². The molecule has 3 aromatic rings. The van der Waals surface area contributed by atoms with E-state index in [0.29, 0.717) is 36.0 Å². The number of fused-ring (bicyclic) bond motifs is 1. The Hall–Kier alpha value is -2.40. The number of halogens is 1. The van der Waals surface area contributed by atoms with E-state index in [-0.39, 0.29) is 11.2 Å². The fourth-order valence-corrected chi connectivity index (χ4v) is 6.49. The minimum atomic E-state index is -1.19. The van der Waals surface area contributed by atoms with Gasteiger partial charge in [-0.3, -0.25) is 9.36 Å². The molecule has 4 heterocycles. The second-order valence-corrected chi connectivity index (χ2v) is 10.4. The molecule has 2 aromatic heterocycles. The smallest absolute Gasteiger partial charge is 0.238 e. The summed E-state index contributed by atoms with van der Waals surface area (Å²) in [6.07, 6.45) is 2.05. The zero-order valence-electron chi connectivity index (χ0n) is 18.7. The van der Waals surface area contributed by atoms with Crippen molar-refractivity contribution < 1.29 is 15.0 Å². The van der Waals surface area contributed by atoms with Gasteiger partial charge < -0.3 is 20.4 Å². The predicted molar refractivity (Wildman–Crippen MR) is 132 cm³/mol. The normalized spacial score (nSPS) is 25.7. The maximum Gasteiger partial charge on any atom is 0.238 e. The van der Waals surface area contributed by atoms with E-state index >= 15 is 0 Å². The number of nitrogens with zero attached hydrogens (tertiary/aromatic N) is 5. The van der Waals surface area contributed by atoms with Crippen LogP contribution in [0.1, 0.15) is 23.8 Å². The van der Waals surface area contributed by atoms with Crippen molar-refractivity contribution in [3.8, 4) is 0 Å². The van der Waals surface area contributed by atoms with Gasteiger partial charge in [-0.25, -0.2) is 4.98 Å².